The zero-order valence-corrected chi connectivity index (χ0v) is 9.22. The van der Waals surface area contributed by atoms with E-state index in [4.69, 9.17) is 4.74 Å². The largest absolute Gasteiger partial charge is 0.377 e. The molecule has 82 valence electrons. The highest BCUT2D eigenvalue weighted by Crippen LogP contribution is 2.24. The van der Waals surface area contributed by atoms with Crippen LogP contribution >= 0.6 is 0 Å². The van der Waals surface area contributed by atoms with Crippen LogP contribution < -0.4 is 10.6 Å². The molecule has 0 saturated carbocycles. The van der Waals surface area contributed by atoms with Crippen LogP contribution in [-0.4, -0.2) is 37.2 Å². The molecule has 1 saturated heterocycles. The molecule has 1 aliphatic rings. The third-order valence-electron chi connectivity index (χ3n) is 2.91. The number of hydrogen-bond donors (Lipinski definition) is 2. The average Bonchev–Trinajstić information content (AvgIpc) is 2.42. The van der Waals surface area contributed by atoms with E-state index in [1.165, 1.54) is 6.92 Å². The summed E-state index contributed by atoms with van der Waals surface area (Å²) in [6.07, 6.45) is 1.29. The fourth-order valence-corrected chi connectivity index (χ4v) is 1.65. The van der Waals surface area contributed by atoms with E-state index in [9.17, 15) is 4.79 Å². The Hall–Kier alpha value is -0.610. The first-order chi connectivity index (χ1) is 6.54. The van der Waals surface area contributed by atoms with Crippen molar-refractivity contribution in [2.75, 3.05) is 19.7 Å². The normalized spacial score (nSPS) is 31.8. The molecule has 4 heteroatoms. The van der Waals surface area contributed by atoms with Crippen molar-refractivity contribution in [1.82, 2.24) is 10.6 Å². The lowest BCUT2D eigenvalue weighted by atomic mass is 9.95. The van der Waals surface area contributed by atoms with Gasteiger partial charge in [-0.2, -0.15) is 0 Å². The number of ether oxygens (including phenoxy) is 1. The number of nitrogens with one attached hydrogen (secondary N) is 2. The van der Waals surface area contributed by atoms with E-state index in [1.54, 1.807) is 0 Å². The third kappa shape index (κ3) is 2.96. The molecule has 1 rings (SSSR count). The number of hydrogen-bond acceptors (Lipinski definition) is 3. The molecule has 0 aromatic rings. The molecule has 2 atom stereocenters. The van der Waals surface area contributed by atoms with Gasteiger partial charge in [-0.25, -0.2) is 0 Å². The zero-order chi connectivity index (χ0) is 10.6. The first-order valence-corrected chi connectivity index (χ1v) is 5.16. The summed E-state index contributed by atoms with van der Waals surface area (Å²) >= 11 is 0. The number of rotatable bonds is 4. The van der Waals surface area contributed by atoms with Crippen molar-refractivity contribution in [3.05, 3.63) is 0 Å². The van der Waals surface area contributed by atoms with E-state index in [2.05, 4.69) is 24.5 Å². The highest BCUT2D eigenvalue weighted by molar-refractivity contribution is 5.72. The molecule has 0 spiro atoms. The van der Waals surface area contributed by atoms with Gasteiger partial charge in [0.1, 0.15) is 0 Å². The van der Waals surface area contributed by atoms with Crippen LogP contribution in [0.3, 0.4) is 0 Å². The lowest BCUT2D eigenvalue weighted by molar-refractivity contribution is -0.118. The van der Waals surface area contributed by atoms with Crippen molar-refractivity contribution in [2.45, 2.75) is 38.8 Å². The van der Waals surface area contributed by atoms with Crippen LogP contribution in [0.2, 0.25) is 0 Å². The van der Waals surface area contributed by atoms with E-state index in [0.717, 1.165) is 19.6 Å². The molecule has 0 bridgehead atoms. The highest BCUT2D eigenvalue weighted by atomic mass is 16.5. The van der Waals surface area contributed by atoms with Crippen LogP contribution in [0, 0.1) is 0 Å². The molecular formula is C10H20N2O2. The van der Waals surface area contributed by atoms with E-state index >= 15 is 0 Å². The van der Waals surface area contributed by atoms with Crippen molar-refractivity contribution >= 4 is 5.91 Å². The van der Waals surface area contributed by atoms with Gasteiger partial charge < -0.3 is 15.4 Å². The molecule has 1 amide bonds. The number of carbonyl (C=O) groups is 1. The lowest BCUT2D eigenvalue weighted by Gasteiger charge is -2.29. The standard InChI is InChI=1S/C10H20N2O2/c1-8-10(3,4-7-14-8)12-6-5-11-9(2)13/h8,12H,4-7H2,1-3H3,(H,11,13). The molecule has 2 unspecified atom stereocenters. The van der Waals surface area contributed by atoms with Crippen molar-refractivity contribution in [2.24, 2.45) is 0 Å². The Morgan fingerprint density at radius 1 is 1.57 bits per heavy atom. The van der Waals surface area contributed by atoms with Crippen LogP contribution in [-0.2, 0) is 9.53 Å². The first-order valence-electron chi connectivity index (χ1n) is 5.16. The second-order valence-corrected chi connectivity index (χ2v) is 4.09. The van der Waals surface area contributed by atoms with Crippen molar-refractivity contribution in [3.63, 3.8) is 0 Å². The molecule has 0 radical (unpaired) electrons. The van der Waals surface area contributed by atoms with Gasteiger partial charge in [0, 0.05) is 32.2 Å². The molecule has 4 nitrogen and oxygen atoms in total. The number of carbonyl (C=O) groups excluding carboxylic acids is 1. The van der Waals surface area contributed by atoms with Crippen LogP contribution in [0.25, 0.3) is 0 Å². The SMILES string of the molecule is CC(=O)NCCNC1(C)CCOC1C. The quantitative estimate of drug-likeness (QED) is 0.641. The molecule has 0 aromatic carbocycles. The summed E-state index contributed by atoms with van der Waals surface area (Å²) in [5.41, 5.74) is 0.0679. The predicted molar refractivity (Wildman–Crippen MR) is 55.1 cm³/mol. The molecule has 0 aliphatic carbocycles. The molecular weight excluding hydrogens is 180 g/mol. The van der Waals surface area contributed by atoms with Crippen LogP contribution in [0.5, 0.6) is 0 Å². The van der Waals surface area contributed by atoms with E-state index in [0.29, 0.717) is 6.54 Å². The van der Waals surface area contributed by atoms with Gasteiger partial charge in [0.25, 0.3) is 0 Å². The van der Waals surface area contributed by atoms with E-state index in [1.807, 2.05) is 0 Å². The van der Waals surface area contributed by atoms with Gasteiger partial charge >= 0.3 is 0 Å². The topological polar surface area (TPSA) is 50.4 Å². The minimum Gasteiger partial charge on any atom is -0.377 e. The smallest absolute Gasteiger partial charge is 0.216 e. The van der Waals surface area contributed by atoms with Gasteiger partial charge in [-0.05, 0) is 20.3 Å². The number of amides is 1. The molecule has 1 aliphatic heterocycles. The van der Waals surface area contributed by atoms with Crippen LogP contribution in [0.15, 0.2) is 0 Å². The molecule has 0 aromatic heterocycles. The summed E-state index contributed by atoms with van der Waals surface area (Å²) in [6, 6.07) is 0. The maximum Gasteiger partial charge on any atom is 0.216 e. The summed E-state index contributed by atoms with van der Waals surface area (Å²) in [7, 11) is 0. The maximum absolute atomic E-state index is 10.6. The van der Waals surface area contributed by atoms with Crippen molar-refractivity contribution < 1.29 is 9.53 Å². The minimum atomic E-state index is 0.0210. The van der Waals surface area contributed by atoms with Crippen LogP contribution in [0.4, 0.5) is 0 Å². The minimum absolute atomic E-state index is 0.0210. The molecule has 2 N–H and O–H groups in total. The summed E-state index contributed by atoms with van der Waals surface area (Å²) in [6.45, 7) is 8.08. The zero-order valence-electron chi connectivity index (χ0n) is 9.22. The highest BCUT2D eigenvalue weighted by Gasteiger charge is 2.35. The predicted octanol–water partition coefficient (Wildman–Crippen LogP) is 0.280. The third-order valence-corrected chi connectivity index (χ3v) is 2.91. The first kappa shape index (κ1) is 11.5. The monoisotopic (exact) mass is 200 g/mol. The van der Waals surface area contributed by atoms with Crippen molar-refractivity contribution in [1.29, 1.82) is 0 Å². The fraction of sp³-hybridized carbons (Fsp3) is 0.900. The van der Waals surface area contributed by atoms with Gasteiger partial charge in [0.05, 0.1) is 6.10 Å². The molecule has 1 fully saturated rings. The second-order valence-electron chi connectivity index (χ2n) is 4.09. The van der Waals surface area contributed by atoms with Gasteiger partial charge in [0.2, 0.25) is 5.91 Å². The summed E-state index contributed by atoms with van der Waals surface area (Å²) in [5, 5.41) is 6.18. The van der Waals surface area contributed by atoms with Gasteiger partial charge in [-0.3, -0.25) is 4.79 Å². The molecule has 14 heavy (non-hydrogen) atoms. The Morgan fingerprint density at radius 3 is 2.79 bits per heavy atom. The van der Waals surface area contributed by atoms with Crippen LogP contribution in [0.1, 0.15) is 27.2 Å². The van der Waals surface area contributed by atoms with E-state index < -0.39 is 0 Å². The van der Waals surface area contributed by atoms with Gasteiger partial charge in [-0.15, -0.1) is 0 Å². The average molecular weight is 200 g/mol. The maximum atomic E-state index is 10.6. The Morgan fingerprint density at radius 2 is 2.29 bits per heavy atom. The summed E-state index contributed by atoms with van der Waals surface area (Å²) in [4.78, 5) is 10.6. The summed E-state index contributed by atoms with van der Waals surface area (Å²) < 4.78 is 5.50. The lowest BCUT2D eigenvalue weighted by Crippen LogP contribution is -2.50. The summed E-state index contributed by atoms with van der Waals surface area (Å²) in [5.74, 6) is 0.0210. The second kappa shape index (κ2) is 4.75. The van der Waals surface area contributed by atoms with Crippen molar-refractivity contribution in [3.8, 4) is 0 Å². The Kier molecular flexibility index (Phi) is 3.89. The van der Waals surface area contributed by atoms with Gasteiger partial charge in [-0.1, -0.05) is 0 Å². The fourth-order valence-electron chi connectivity index (χ4n) is 1.65. The van der Waals surface area contributed by atoms with E-state index in [-0.39, 0.29) is 17.6 Å². The molecule has 1 heterocycles. The van der Waals surface area contributed by atoms with Gasteiger partial charge in [0.15, 0.2) is 0 Å². The Balaban J connectivity index is 2.20. The Labute approximate surface area is 85.4 Å². The Bertz CT molecular complexity index is 208.